The first-order valence-corrected chi connectivity index (χ1v) is 5.56. The monoisotopic (exact) mass is 185 g/mol. The van der Waals surface area contributed by atoms with Crippen LogP contribution in [0.4, 0.5) is 0 Å². The summed E-state index contributed by atoms with van der Waals surface area (Å²) in [5.41, 5.74) is 0.186. The van der Waals surface area contributed by atoms with Gasteiger partial charge in [0, 0.05) is 12.1 Å². The Morgan fingerprint density at radius 3 is 2.62 bits per heavy atom. The largest absolute Gasteiger partial charge is 0.396 e. The van der Waals surface area contributed by atoms with Crippen molar-refractivity contribution in [2.45, 2.75) is 51.5 Å². The molecule has 2 nitrogen and oxygen atoms in total. The summed E-state index contributed by atoms with van der Waals surface area (Å²) in [6, 6.07) is 0. The molecule has 0 aromatic rings. The predicted molar refractivity (Wildman–Crippen MR) is 55.7 cm³/mol. The number of hydrogen-bond donors (Lipinski definition) is 2. The van der Waals surface area contributed by atoms with E-state index < -0.39 is 0 Å². The molecule has 1 fully saturated rings. The van der Waals surface area contributed by atoms with Gasteiger partial charge in [0.1, 0.15) is 0 Å². The van der Waals surface area contributed by atoms with Crippen molar-refractivity contribution >= 4 is 0 Å². The van der Waals surface area contributed by atoms with Crippen molar-refractivity contribution < 1.29 is 5.11 Å². The Bertz CT molecular complexity index is 145. The topological polar surface area (TPSA) is 32.3 Å². The van der Waals surface area contributed by atoms with Crippen molar-refractivity contribution in [2.24, 2.45) is 5.92 Å². The standard InChI is InChI=1S/C11H23NO/c1-3-7-12-11(2,6-8-13)9-10-4-5-10/h10,12-13H,3-9H2,1-2H3. The molecule has 1 aliphatic carbocycles. The molecule has 0 saturated heterocycles. The summed E-state index contributed by atoms with van der Waals surface area (Å²) >= 11 is 0. The van der Waals surface area contributed by atoms with E-state index in [9.17, 15) is 0 Å². The second-order valence-corrected chi connectivity index (χ2v) is 4.61. The van der Waals surface area contributed by atoms with E-state index in [-0.39, 0.29) is 5.54 Å². The smallest absolute Gasteiger partial charge is 0.0448 e. The van der Waals surface area contributed by atoms with E-state index in [0.29, 0.717) is 6.61 Å². The van der Waals surface area contributed by atoms with E-state index in [1.165, 1.54) is 25.7 Å². The van der Waals surface area contributed by atoms with Gasteiger partial charge in [0.15, 0.2) is 0 Å². The first-order valence-electron chi connectivity index (χ1n) is 5.56. The zero-order chi connectivity index (χ0) is 9.73. The normalized spacial score (nSPS) is 21.5. The highest BCUT2D eigenvalue weighted by Gasteiger charge is 2.32. The number of hydrogen-bond acceptors (Lipinski definition) is 2. The van der Waals surface area contributed by atoms with Gasteiger partial charge >= 0.3 is 0 Å². The Hall–Kier alpha value is -0.0800. The lowest BCUT2D eigenvalue weighted by molar-refractivity contribution is 0.206. The van der Waals surface area contributed by atoms with Crippen LogP contribution in [0.1, 0.15) is 46.0 Å². The van der Waals surface area contributed by atoms with Crippen molar-refractivity contribution in [2.75, 3.05) is 13.2 Å². The molecule has 78 valence electrons. The lowest BCUT2D eigenvalue weighted by Crippen LogP contribution is -2.44. The van der Waals surface area contributed by atoms with E-state index in [1.807, 2.05) is 0 Å². The van der Waals surface area contributed by atoms with Gasteiger partial charge in [-0.25, -0.2) is 0 Å². The molecule has 2 heteroatoms. The lowest BCUT2D eigenvalue weighted by Gasteiger charge is -2.30. The molecular weight excluding hydrogens is 162 g/mol. The fraction of sp³-hybridized carbons (Fsp3) is 1.00. The summed E-state index contributed by atoms with van der Waals surface area (Å²) < 4.78 is 0. The first-order chi connectivity index (χ1) is 6.20. The molecule has 0 bridgehead atoms. The third-order valence-electron chi connectivity index (χ3n) is 2.90. The summed E-state index contributed by atoms with van der Waals surface area (Å²) in [4.78, 5) is 0. The van der Waals surface area contributed by atoms with Crippen LogP contribution in [-0.4, -0.2) is 23.8 Å². The average molecular weight is 185 g/mol. The zero-order valence-electron chi connectivity index (χ0n) is 8.97. The highest BCUT2D eigenvalue weighted by Crippen LogP contribution is 2.37. The Balaban J connectivity index is 2.30. The lowest BCUT2D eigenvalue weighted by atomic mass is 9.91. The van der Waals surface area contributed by atoms with Gasteiger partial charge in [-0.1, -0.05) is 19.8 Å². The Kier molecular flexibility index (Phi) is 4.20. The molecule has 2 N–H and O–H groups in total. The van der Waals surface area contributed by atoms with Crippen molar-refractivity contribution in [1.82, 2.24) is 5.32 Å². The summed E-state index contributed by atoms with van der Waals surface area (Å²) in [5.74, 6) is 0.931. The van der Waals surface area contributed by atoms with Crippen LogP contribution in [0.5, 0.6) is 0 Å². The molecule has 1 saturated carbocycles. The van der Waals surface area contributed by atoms with Crippen LogP contribution in [0.25, 0.3) is 0 Å². The SMILES string of the molecule is CCCNC(C)(CCO)CC1CC1. The fourth-order valence-electron chi connectivity index (χ4n) is 1.90. The van der Waals surface area contributed by atoms with Crippen LogP contribution < -0.4 is 5.32 Å². The summed E-state index contributed by atoms with van der Waals surface area (Å²) in [5, 5.41) is 12.6. The quantitative estimate of drug-likeness (QED) is 0.635. The second kappa shape index (κ2) is 4.97. The zero-order valence-corrected chi connectivity index (χ0v) is 8.97. The molecule has 1 rings (SSSR count). The maximum absolute atomic E-state index is 8.99. The summed E-state index contributed by atoms with van der Waals surface area (Å²) in [6.45, 7) is 5.81. The molecular formula is C11H23NO. The Morgan fingerprint density at radius 2 is 2.15 bits per heavy atom. The van der Waals surface area contributed by atoms with Gasteiger partial charge in [0.05, 0.1) is 0 Å². The van der Waals surface area contributed by atoms with E-state index in [0.717, 1.165) is 18.9 Å². The molecule has 0 radical (unpaired) electrons. The predicted octanol–water partition coefficient (Wildman–Crippen LogP) is 1.93. The van der Waals surface area contributed by atoms with Gasteiger partial charge in [-0.15, -0.1) is 0 Å². The van der Waals surface area contributed by atoms with E-state index in [2.05, 4.69) is 19.2 Å². The summed E-state index contributed by atoms with van der Waals surface area (Å²) in [6.07, 6.45) is 6.10. The number of aliphatic hydroxyl groups is 1. The van der Waals surface area contributed by atoms with Gasteiger partial charge in [-0.05, 0) is 38.6 Å². The van der Waals surface area contributed by atoms with Crippen LogP contribution in [0.2, 0.25) is 0 Å². The number of nitrogens with one attached hydrogen (secondary N) is 1. The summed E-state index contributed by atoms with van der Waals surface area (Å²) in [7, 11) is 0. The molecule has 0 amide bonds. The average Bonchev–Trinajstić information content (AvgIpc) is 2.85. The molecule has 1 atom stereocenters. The van der Waals surface area contributed by atoms with Gasteiger partial charge in [-0.3, -0.25) is 0 Å². The van der Waals surface area contributed by atoms with Crippen molar-refractivity contribution in [1.29, 1.82) is 0 Å². The number of aliphatic hydroxyl groups excluding tert-OH is 1. The third kappa shape index (κ3) is 4.10. The number of rotatable bonds is 7. The molecule has 1 aliphatic rings. The van der Waals surface area contributed by atoms with Crippen LogP contribution in [0.3, 0.4) is 0 Å². The van der Waals surface area contributed by atoms with Gasteiger partial charge < -0.3 is 10.4 Å². The van der Waals surface area contributed by atoms with Crippen molar-refractivity contribution in [3.05, 3.63) is 0 Å². The molecule has 0 aromatic heterocycles. The fourth-order valence-corrected chi connectivity index (χ4v) is 1.90. The molecule has 0 aromatic carbocycles. The molecule has 0 aliphatic heterocycles. The molecule has 0 heterocycles. The first kappa shape index (κ1) is 11.0. The molecule has 1 unspecified atom stereocenters. The van der Waals surface area contributed by atoms with E-state index >= 15 is 0 Å². The van der Waals surface area contributed by atoms with Crippen molar-refractivity contribution in [3.63, 3.8) is 0 Å². The van der Waals surface area contributed by atoms with Crippen LogP contribution >= 0.6 is 0 Å². The molecule has 13 heavy (non-hydrogen) atoms. The molecule has 0 spiro atoms. The van der Waals surface area contributed by atoms with Gasteiger partial charge in [0.25, 0.3) is 0 Å². The maximum atomic E-state index is 8.99. The van der Waals surface area contributed by atoms with E-state index in [4.69, 9.17) is 5.11 Å². The second-order valence-electron chi connectivity index (χ2n) is 4.61. The van der Waals surface area contributed by atoms with Gasteiger partial charge in [0.2, 0.25) is 0 Å². The minimum absolute atomic E-state index is 0.186. The Labute approximate surface area is 81.7 Å². The van der Waals surface area contributed by atoms with Crippen LogP contribution in [-0.2, 0) is 0 Å². The van der Waals surface area contributed by atoms with E-state index in [1.54, 1.807) is 0 Å². The minimum atomic E-state index is 0.186. The van der Waals surface area contributed by atoms with Crippen LogP contribution in [0.15, 0.2) is 0 Å². The van der Waals surface area contributed by atoms with Gasteiger partial charge in [-0.2, -0.15) is 0 Å². The van der Waals surface area contributed by atoms with Crippen LogP contribution in [0, 0.1) is 5.92 Å². The minimum Gasteiger partial charge on any atom is -0.396 e. The highest BCUT2D eigenvalue weighted by molar-refractivity contribution is 4.89. The third-order valence-corrected chi connectivity index (χ3v) is 2.90. The Morgan fingerprint density at radius 1 is 1.46 bits per heavy atom. The maximum Gasteiger partial charge on any atom is 0.0448 e. The van der Waals surface area contributed by atoms with Crippen molar-refractivity contribution in [3.8, 4) is 0 Å². The highest BCUT2D eigenvalue weighted by atomic mass is 16.3.